The van der Waals surface area contributed by atoms with E-state index in [0.29, 0.717) is 10.8 Å². The summed E-state index contributed by atoms with van der Waals surface area (Å²) in [5.74, 6) is -1.03. The molecule has 1 saturated carbocycles. The van der Waals surface area contributed by atoms with Crippen LogP contribution < -0.4 is 0 Å². The van der Waals surface area contributed by atoms with Crippen molar-refractivity contribution in [1.29, 1.82) is 0 Å². The van der Waals surface area contributed by atoms with E-state index in [1.807, 2.05) is 0 Å². The van der Waals surface area contributed by atoms with Crippen LogP contribution in [0.25, 0.3) is 11.3 Å². The highest BCUT2D eigenvalue weighted by Gasteiger charge is 2.35. The summed E-state index contributed by atoms with van der Waals surface area (Å²) in [5, 5.41) is 13.3. The molecule has 1 heterocycles. The van der Waals surface area contributed by atoms with E-state index in [1.165, 1.54) is 11.0 Å². The molecule has 1 amide bonds. The van der Waals surface area contributed by atoms with Gasteiger partial charge in [-0.1, -0.05) is 16.8 Å². The Morgan fingerprint density at radius 2 is 2.00 bits per heavy atom. The van der Waals surface area contributed by atoms with Crippen LogP contribution in [0.1, 0.15) is 23.3 Å². The number of carbonyl (C=O) groups excluding carboxylic acids is 1. The van der Waals surface area contributed by atoms with Crippen LogP contribution in [-0.4, -0.2) is 39.6 Å². The fourth-order valence-electron chi connectivity index (χ4n) is 2.17. The molecule has 0 saturated heterocycles. The van der Waals surface area contributed by atoms with Gasteiger partial charge in [-0.15, -0.1) is 0 Å². The molecule has 22 heavy (non-hydrogen) atoms. The molecule has 1 N–H and O–H groups in total. The molecule has 7 heteroatoms. The Balaban J connectivity index is 1.81. The molecule has 0 radical (unpaired) electrons. The average Bonchev–Trinajstić information content (AvgIpc) is 3.21. The van der Waals surface area contributed by atoms with E-state index < -0.39 is 11.9 Å². The van der Waals surface area contributed by atoms with Crippen LogP contribution in [0.5, 0.6) is 0 Å². The van der Waals surface area contributed by atoms with Gasteiger partial charge in [-0.3, -0.25) is 9.59 Å². The second-order valence-electron chi connectivity index (χ2n) is 5.14. The molecule has 6 nitrogen and oxygen atoms in total. The second-order valence-corrected chi connectivity index (χ2v) is 5.58. The lowest BCUT2D eigenvalue weighted by molar-refractivity contribution is -0.137. The van der Waals surface area contributed by atoms with Crippen molar-refractivity contribution in [2.75, 3.05) is 6.54 Å². The smallest absolute Gasteiger partial charge is 0.323 e. The number of hydrogen-bond acceptors (Lipinski definition) is 4. The first-order valence-electron chi connectivity index (χ1n) is 6.80. The molecule has 3 rings (SSSR count). The molecular formula is C15H13ClN2O4. The van der Waals surface area contributed by atoms with Gasteiger partial charge in [0.15, 0.2) is 11.5 Å². The topological polar surface area (TPSA) is 83.6 Å². The molecule has 2 aromatic rings. The SMILES string of the molecule is O=C(O)CN(C(=O)c1cc(-c2ccc(Cl)cc2)on1)C1CC1. The number of hydrogen-bond donors (Lipinski definition) is 1. The number of carboxylic acid groups (broad SMARTS) is 1. The molecule has 114 valence electrons. The summed E-state index contributed by atoms with van der Waals surface area (Å²) in [6.45, 7) is -0.327. The maximum absolute atomic E-state index is 12.4. The minimum absolute atomic E-state index is 0.0146. The van der Waals surface area contributed by atoms with Crippen LogP contribution in [0.4, 0.5) is 0 Å². The van der Waals surface area contributed by atoms with Crippen molar-refractivity contribution in [1.82, 2.24) is 10.1 Å². The van der Waals surface area contributed by atoms with Crippen LogP contribution in [0.2, 0.25) is 5.02 Å². The van der Waals surface area contributed by atoms with E-state index in [1.54, 1.807) is 24.3 Å². The molecule has 1 aliphatic carbocycles. The Morgan fingerprint density at radius 3 is 2.59 bits per heavy atom. The highest BCUT2D eigenvalue weighted by Crippen LogP contribution is 2.29. The summed E-state index contributed by atoms with van der Waals surface area (Å²) in [6.07, 6.45) is 1.64. The number of rotatable bonds is 5. The molecule has 0 bridgehead atoms. The van der Waals surface area contributed by atoms with E-state index in [4.69, 9.17) is 21.2 Å². The third-order valence-electron chi connectivity index (χ3n) is 3.41. The van der Waals surface area contributed by atoms with Crippen molar-refractivity contribution in [3.8, 4) is 11.3 Å². The van der Waals surface area contributed by atoms with Crippen LogP contribution in [0.15, 0.2) is 34.9 Å². The number of benzene rings is 1. The zero-order chi connectivity index (χ0) is 15.7. The van der Waals surface area contributed by atoms with Crippen LogP contribution >= 0.6 is 11.6 Å². The number of halogens is 1. The maximum Gasteiger partial charge on any atom is 0.323 e. The van der Waals surface area contributed by atoms with Crippen LogP contribution in [0, 0.1) is 0 Å². The fourth-order valence-corrected chi connectivity index (χ4v) is 2.30. The molecule has 1 fully saturated rings. The Kier molecular flexibility index (Phi) is 3.85. The van der Waals surface area contributed by atoms with Crippen molar-refractivity contribution < 1.29 is 19.2 Å². The van der Waals surface area contributed by atoms with Crippen molar-refractivity contribution in [3.63, 3.8) is 0 Å². The largest absolute Gasteiger partial charge is 0.480 e. The number of amides is 1. The summed E-state index contributed by atoms with van der Waals surface area (Å²) in [7, 11) is 0. The van der Waals surface area contributed by atoms with Gasteiger partial charge in [0.2, 0.25) is 0 Å². The van der Waals surface area contributed by atoms with Gasteiger partial charge in [-0.2, -0.15) is 0 Å². The molecule has 0 unspecified atom stereocenters. The molecular weight excluding hydrogens is 308 g/mol. The Bertz CT molecular complexity index is 707. The zero-order valence-corrected chi connectivity index (χ0v) is 12.3. The average molecular weight is 321 g/mol. The summed E-state index contributed by atoms with van der Waals surface area (Å²) in [5.41, 5.74) is 0.852. The first-order chi connectivity index (χ1) is 10.5. The second kappa shape index (κ2) is 5.81. The highest BCUT2D eigenvalue weighted by atomic mass is 35.5. The van der Waals surface area contributed by atoms with Gasteiger partial charge in [0.25, 0.3) is 5.91 Å². The molecule has 0 spiro atoms. The maximum atomic E-state index is 12.4. The van der Waals surface area contributed by atoms with Crippen molar-refractivity contribution in [2.45, 2.75) is 18.9 Å². The number of carboxylic acids is 1. The lowest BCUT2D eigenvalue weighted by Gasteiger charge is -2.18. The standard InChI is InChI=1S/C15H13ClN2O4/c16-10-3-1-9(2-4-10)13-7-12(17-22-13)15(21)18(8-14(19)20)11-5-6-11/h1-4,7,11H,5-6,8H2,(H,19,20). The Morgan fingerprint density at radius 1 is 1.32 bits per heavy atom. The highest BCUT2D eigenvalue weighted by molar-refractivity contribution is 6.30. The van der Waals surface area contributed by atoms with Gasteiger partial charge >= 0.3 is 5.97 Å². The van der Waals surface area contributed by atoms with E-state index in [2.05, 4.69) is 5.16 Å². The minimum Gasteiger partial charge on any atom is -0.480 e. The predicted molar refractivity (Wildman–Crippen MR) is 78.6 cm³/mol. The molecule has 0 atom stereocenters. The Labute approximate surface area is 131 Å². The summed E-state index contributed by atoms with van der Waals surface area (Å²) in [6, 6.07) is 8.44. The summed E-state index contributed by atoms with van der Waals surface area (Å²) in [4.78, 5) is 24.6. The van der Waals surface area contributed by atoms with E-state index in [0.717, 1.165) is 18.4 Å². The monoisotopic (exact) mass is 320 g/mol. The lowest BCUT2D eigenvalue weighted by Crippen LogP contribution is -2.37. The number of nitrogens with zero attached hydrogens (tertiary/aromatic N) is 2. The first kappa shape index (κ1) is 14.6. The van der Waals surface area contributed by atoms with Gasteiger partial charge in [0, 0.05) is 22.7 Å². The summed E-state index contributed by atoms with van der Waals surface area (Å²) >= 11 is 5.82. The van der Waals surface area contributed by atoms with E-state index >= 15 is 0 Å². The molecule has 1 aliphatic rings. The fraction of sp³-hybridized carbons (Fsp3) is 0.267. The zero-order valence-electron chi connectivity index (χ0n) is 11.5. The quantitative estimate of drug-likeness (QED) is 0.915. The molecule has 1 aromatic carbocycles. The van der Waals surface area contributed by atoms with Crippen molar-refractivity contribution in [3.05, 3.63) is 41.0 Å². The Hall–Kier alpha value is -2.34. The van der Waals surface area contributed by atoms with Crippen molar-refractivity contribution in [2.24, 2.45) is 0 Å². The normalized spacial score (nSPS) is 13.9. The van der Waals surface area contributed by atoms with Gasteiger partial charge in [-0.25, -0.2) is 0 Å². The predicted octanol–water partition coefficient (Wildman–Crippen LogP) is 2.68. The number of aromatic nitrogens is 1. The third-order valence-corrected chi connectivity index (χ3v) is 3.66. The van der Waals surface area contributed by atoms with Gasteiger partial charge < -0.3 is 14.5 Å². The van der Waals surface area contributed by atoms with Crippen LogP contribution in [0.3, 0.4) is 0 Å². The lowest BCUT2D eigenvalue weighted by atomic mass is 10.1. The molecule has 0 aliphatic heterocycles. The van der Waals surface area contributed by atoms with E-state index in [9.17, 15) is 9.59 Å². The third kappa shape index (κ3) is 3.12. The van der Waals surface area contributed by atoms with Crippen LogP contribution in [-0.2, 0) is 4.79 Å². The first-order valence-corrected chi connectivity index (χ1v) is 7.18. The number of carbonyl (C=O) groups is 2. The van der Waals surface area contributed by atoms with Gasteiger partial charge in [0.05, 0.1) is 0 Å². The van der Waals surface area contributed by atoms with Gasteiger partial charge in [-0.05, 0) is 37.1 Å². The van der Waals surface area contributed by atoms with E-state index in [-0.39, 0.29) is 18.3 Å². The van der Waals surface area contributed by atoms with Gasteiger partial charge in [0.1, 0.15) is 6.54 Å². The minimum atomic E-state index is -1.04. The van der Waals surface area contributed by atoms with Crippen molar-refractivity contribution >= 4 is 23.5 Å². The summed E-state index contributed by atoms with van der Waals surface area (Å²) < 4.78 is 5.18. The molecule has 1 aromatic heterocycles. The number of aliphatic carboxylic acids is 1.